The number of carbonyl (C=O) groups excluding carboxylic acids is 2. The lowest BCUT2D eigenvalue weighted by Gasteiger charge is -2.42. The van der Waals surface area contributed by atoms with Crippen molar-refractivity contribution in [3.8, 4) is 23.8 Å². The molecule has 3 aromatic rings. The van der Waals surface area contributed by atoms with E-state index in [0.29, 0.717) is 25.3 Å². The van der Waals surface area contributed by atoms with Crippen molar-refractivity contribution in [1.29, 1.82) is 0 Å². The average molecular weight is 459 g/mol. The number of aromatic hydroxyl groups is 1. The zero-order valence-corrected chi connectivity index (χ0v) is 19.1. The summed E-state index contributed by atoms with van der Waals surface area (Å²) in [4.78, 5) is 33.8. The number of urea groups is 1. The fraction of sp³-hybridized carbons (Fsp3) is 0.308. The summed E-state index contributed by atoms with van der Waals surface area (Å²) in [6.07, 6.45) is 5.66. The molecule has 8 heteroatoms. The number of methoxy groups -OCH3 is 1. The largest absolute Gasteiger partial charge is 0.508 e. The van der Waals surface area contributed by atoms with Gasteiger partial charge in [0.15, 0.2) is 0 Å². The number of hydrogen-bond acceptors (Lipinski definition) is 5. The third kappa shape index (κ3) is 3.20. The fourth-order valence-corrected chi connectivity index (χ4v) is 5.21. The van der Waals surface area contributed by atoms with E-state index in [2.05, 4.69) is 16.2 Å². The third-order valence-electron chi connectivity index (χ3n) is 6.80. The highest BCUT2D eigenvalue weighted by atomic mass is 16.5. The molecule has 0 radical (unpaired) electrons. The van der Waals surface area contributed by atoms with Gasteiger partial charge in [0.05, 0.1) is 13.7 Å². The lowest BCUT2D eigenvalue weighted by molar-refractivity contribution is -0.133. The summed E-state index contributed by atoms with van der Waals surface area (Å²) in [6, 6.07) is 11.7. The Bertz CT molecular complexity index is 1340. The molecular formula is C26H26N4O4. The van der Waals surface area contributed by atoms with Crippen LogP contribution < -0.4 is 10.1 Å². The van der Waals surface area contributed by atoms with Crippen molar-refractivity contribution in [3.05, 3.63) is 59.3 Å². The van der Waals surface area contributed by atoms with Gasteiger partial charge < -0.3 is 20.1 Å². The Balaban J connectivity index is 1.66. The molecule has 1 saturated heterocycles. The zero-order valence-electron chi connectivity index (χ0n) is 19.1. The molecule has 1 aromatic heterocycles. The number of aromatic amines is 1. The molecule has 34 heavy (non-hydrogen) atoms. The van der Waals surface area contributed by atoms with E-state index in [1.165, 1.54) is 4.90 Å². The van der Waals surface area contributed by atoms with Crippen LogP contribution in [0.25, 0.3) is 10.9 Å². The molecule has 2 aliphatic rings. The first-order chi connectivity index (χ1) is 16.4. The van der Waals surface area contributed by atoms with Crippen molar-refractivity contribution >= 4 is 22.8 Å². The molecule has 2 aromatic carbocycles. The predicted molar refractivity (Wildman–Crippen MR) is 128 cm³/mol. The van der Waals surface area contributed by atoms with E-state index < -0.39 is 11.6 Å². The topological polar surface area (TPSA) is 97.9 Å². The minimum Gasteiger partial charge on any atom is -0.508 e. The molecule has 2 aliphatic heterocycles. The number of H-pyrrole nitrogens is 1. The van der Waals surface area contributed by atoms with E-state index in [-0.39, 0.29) is 24.2 Å². The molecule has 8 nitrogen and oxygen atoms in total. The Morgan fingerprint density at radius 2 is 2.12 bits per heavy atom. The second-order valence-electron chi connectivity index (χ2n) is 8.87. The maximum absolute atomic E-state index is 13.7. The highest BCUT2D eigenvalue weighted by Gasteiger charge is 2.60. The Kier molecular flexibility index (Phi) is 5.22. The quantitative estimate of drug-likeness (QED) is 0.300. The number of hydrogen-bond donors (Lipinski definition) is 3. The van der Waals surface area contributed by atoms with Crippen LogP contribution in [0.5, 0.6) is 11.5 Å². The first-order valence-corrected chi connectivity index (χ1v) is 11.2. The number of amides is 3. The number of imide groups is 1. The number of phenolic OH excluding ortho intramolecular Hbond substituents is 1. The van der Waals surface area contributed by atoms with Gasteiger partial charge in [0, 0.05) is 36.1 Å². The molecular weight excluding hydrogens is 432 g/mol. The Labute approximate surface area is 197 Å². The number of rotatable bonds is 6. The van der Waals surface area contributed by atoms with Gasteiger partial charge in [-0.15, -0.1) is 6.42 Å². The predicted octanol–water partition coefficient (Wildman–Crippen LogP) is 2.77. The van der Waals surface area contributed by atoms with Crippen molar-refractivity contribution in [1.82, 2.24) is 20.1 Å². The van der Waals surface area contributed by atoms with Crippen LogP contribution in [0.15, 0.2) is 42.5 Å². The lowest BCUT2D eigenvalue weighted by atomic mass is 9.81. The Hall–Kier alpha value is -3.96. The second-order valence-corrected chi connectivity index (χ2v) is 8.87. The number of fused-ring (bicyclic) bond motifs is 4. The molecule has 0 unspecified atom stereocenters. The van der Waals surface area contributed by atoms with Crippen LogP contribution >= 0.6 is 0 Å². The van der Waals surface area contributed by atoms with Gasteiger partial charge in [0.25, 0.3) is 5.91 Å². The van der Waals surface area contributed by atoms with Crippen LogP contribution in [0.1, 0.15) is 29.8 Å². The Morgan fingerprint density at radius 3 is 2.85 bits per heavy atom. The van der Waals surface area contributed by atoms with Gasteiger partial charge in [-0.3, -0.25) is 14.6 Å². The normalized spacial score (nSPS) is 21.5. The molecule has 0 bridgehead atoms. The molecule has 0 spiro atoms. The van der Waals surface area contributed by atoms with Crippen molar-refractivity contribution in [2.45, 2.75) is 24.9 Å². The monoisotopic (exact) mass is 458 g/mol. The highest BCUT2D eigenvalue weighted by Crippen LogP contribution is 2.49. The van der Waals surface area contributed by atoms with E-state index in [1.54, 1.807) is 30.2 Å². The number of nitrogens with zero attached hydrogens (tertiary/aromatic N) is 2. The highest BCUT2D eigenvalue weighted by molar-refractivity contribution is 6.08. The number of aromatic nitrogens is 1. The van der Waals surface area contributed by atoms with Crippen LogP contribution in [-0.2, 0) is 11.2 Å². The number of nitrogens with one attached hydrogen (secondary N) is 2. The SMILES string of the molecule is C#CCNCCN1C(=O)N2[C@H](c3cccc(O)c3)c3[nH]c4ccc(OC)cc4c3C[C@@]2(C)C1=O. The standard InChI is InChI=1S/C26H26N4O4/c1-4-10-27-11-12-29-24(32)26(2)15-20-19-14-18(34-3)8-9-21(19)28-22(20)23(30(26)25(29)33)16-6-5-7-17(31)13-16/h1,5-9,13-14,23,27-28,31H,10-12,15H2,2-3H3/t23-,26+/m1/s1. The lowest BCUT2D eigenvalue weighted by Crippen LogP contribution is -2.53. The van der Waals surface area contributed by atoms with Crippen molar-refractivity contribution in [3.63, 3.8) is 0 Å². The number of phenols is 1. The maximum Gasteiger partial charge on any atom is 0.328 e. The summed E-state index contributed by atoms with van der Waals surface area (Å²) in [5.74, 6) is 3.06. The summed E-state index contributed by atoms with van der Waals surface area (Å²) in [5.41, 5.74) is 2.34. The molecule has 3 N–H and O–H groups in total. The van der Waals surface area contributed by atoms with Gasteiger partial charge in [-0.25, -0.2) is 4.79 Å². The van der Waals surface area contributed by atoms with Crippen molar-refractivity contribution in [2.24, 2.45) is 0 Å². The minimum atomic E-state index is -1.08. The van der Waals surface area contributed by atoms with Crippen LogP contribution in [0.2, 0.25) is 0 Å². The van der Waals surface area contributed by atoms with E-state index >= 15 is 0 Å². The minimum absolute atomic E-state index is 0.0948. The van der Waals surface area contributed by atoms with Gasteiger partial charge in [-0.05, 0) is 48.4 Å². The first kappa shape index (κ1) is 21.9. The van der Waals surface area contributed by atoms with Gasteiger partial charge in [-0.2, -0.15) is 0 Å². The molecule has 174 valence electrons. The summed E-state index contributed by atoms with van der Waals surface area (Å²) in [6.45, 7) is 2.82. The molecule has 3 amide bonds. The zero-order chi connectivity index (χ0) is 24.0. The average Bonchev–Trinajstić information content (AvgIpc) is 3.27. The number of carbonyl (C=O) groups is 2. The summed E-state index contributed by atoms with van der Waals surface area (Å²) in [7, 11) is 1.62. The van der Waals surface area contributed by atoms with Crippen LogP contribution in [0.4, 0.5) is 4.79 Å². The molecule has 5 rings (SSSR count). The molecule has 1 fully saturated rings. The van der Waals surface area contributed by atoms with Crippen LogP contribution in [0.3, 0.4) is 0 Å². The van der Waals surface area contributed by atoms with Crippen molar-refractivity contribution < 1.29 is 19.4 Å². The number of terminal acetylenes is 1. The third-order valence-corrected chi connectivity index (χ3v) is 6.80. The van der Waals surface area contributed by atoms with Crippen molar-refractivity contribution in [2.75, 3.05) is 26.7 Å². The summed E-state index contributed by atoms with van der Waals surface area (Å²) < 4.78 is 5.43. The van der Waals surface area contributed by atoms with Crippen LogP contribution in [0, 0.1) is 12.3 Å². The van der Waals surface area contributed by atoms with E-state index in [1.807, 2.05) is 31.2 Å². The van der Waals surface area contributed by atoms with Gasteiger partial charge in [0.1, 0.15) is 23.1 Å². The number of benzene rings is 2. The molecule has 3 heterocycles. The number of ether oxygens (including phenoxy) is 1. The first-order valence-electron chi connectivity index (χ1n) is 11.2. The van der Waals surface area contributed by atoms with E-state index in [9.17, 15) is 14.7 Å². The maximum atomic E-state index is 13.7. The second kappa shape index (κ2) is 8.12. The van der Waals surface area contributed by atoms with E-state index in [0.717, 1.165) is 27.7 Å². The van der Waals surface area contributed by atoms with Crippen LogP contribution in [-0.4, -0.2) is 64.1 Å². The summed E-state index contributed by atoms with van der Waals surface area (Å²) in [5, 5.41) is 14.2. The van der Waals surface area contributed by atoms with Gasteiger partial charge >= 0.3 is 6.03 Å². The molecule has 0 saturated carbocycles. The van der Waals surface area contributed by atoms with Gasteiger partial charge in [-0.1, -0.05) is 18.1 Å². The molecule has 2 atom stereocenters. The fourth-order valence-electron chi connectivity index (χ4n) is 5.21. The Morgan fingerprint density at radius 1 is 1.29 bits per heavy atom. The van der Waals surface area contributed by atoms with Gasteiger partial charge in [0.2, 0.25) is 0 Å². The molecule has 0 aliphatic carbocycles. The smallest absolute Gasteiger partial charge is 0.328 e. The summed E-state index contributed by atoms with van der Waals surface area (Å²) >= 11 is 0. The van der Waals surface area contributed by atoms with E-state index in [4.69, 9.17) is 11.2 Å².